The van der Waals surface area contributed by atoms with Gasteiger partial charge in [0.1, 0.15) is 11.4 Å². The number of nitrogens with one attached hydrogen (secondary N) is 1. The van der Waals surface area contributed by atoms with Gasteiger partial charge in [-0.15, -0.1) is 0 Å². The van der Waals surface area contributed by atoms with Gasteiger partial charge >= 0.3 is 0 Å². The van der Waals surface area contributed by atoms with E-state index in [1.54, 1.807) is 32.9 Å². The molecule has 9 nitrogen and oxygen atoms in total. The van der Waals surface area contributed by atoms with Crippen LogP contribution in [0.3, 0.4) is 0 Å². The fourth-order valence-electron chi connectivity index (χ4n) is 2.54. The van der Waals surface area contributed by atoms with E-state index >= 15 is 0 Å². The molecule has 0 aromatic heterocycles. The summed E-state index contributed by atoms with van der Waals surface area (Å²) < 4.78 is 26.4. The summed E-state index contributed by atoms with van der Waals surface area (Å²) in [5.74, 6) is 0.116. The zero-order valence-electron chi connectivity index (χ0n) is 15.8. The first-order valence-corrected chi connectivity index (χ1v) is 10.0. The van der Waals surface area contributed by atoms with Crippen molar-refractivity contribution in [1.29, 1.82) is 0 Å². The SMILES string of the molecule is CCN(CC)S(=O)(=O)c1ccc(NN=C(C)c2ccc(O)cc2)c([N+](=O)[O-])c1. The third-order valence-corrected chi connectivity index (χ3v) is 6.18. The molecule has 10 heteroatoms. The van der Waals surface area contributed by atoms with E-state index in [2.05, 4.69) is 10.5 Å². The van der Waals surface area contributed by atoms with Crippen LogP contribution >= 0.6 is 0 Å². The van der Waals surface area contributed by atoms with Crippen LogP contribution in [0, 0.1) is 10.1 Å². The summed E-state index contributed by atoms with van der Waals surface area (Å²) in [7, 11) is -3.81. The quantitative estimate of drug-likeness (QED) is 0.394. The van der Waals surface area contributed by atoms with Crippen molar-refractivity contribution in [3.8, 4) is 5.75 Å². The van der Waals surface area contributed by atoms with Crippen molar-refractivity contribution in [1.82, 2.24) is 4.31 Å². The van der Waals surface area contributed by atoms with Gasteiger partial charge in [-0.1, -0.05) is 13.8 Å². The third kappa shape index (κ3) is 4.65. The van der Waals surface area contributed by atoms with Crippen molar-refractivity contribution in [2.45, 2.75) is 25.7 Å². The molecular formula is C18H22N4O5S. The van der Waals surface area contributed by atoms with Crippen LogP contribution in [0.1, 0.15) is 26.3 Å². The van der Waals surface area contributed by atoms with Crippen LogP contribution in [0.4, 0.5) is 11.4 Å². The highest BCUT2D eigenvalue weighted by atomic mass is 32.2. The van der Waals surface area contributed by atoms with E-state index in [1.807, 2.05) is 0 Å². The molecular weight excluding hydrogens is 384 g/mol. The van der Waals surface area contributed by atoms with Gasteiger partial charge in [-0.2, -0.15) is 9.41 Å². The van der Waals surface area contributed by atoms with Gasteiger partial charge in [0.05, 0.1) is 15.5 Å². The van der Waals surface area contributed by atoms with Gasteiger partial charge in [-0.3, -0.25) is 15.5 Å². The number of phenols is 1. The largest absolute Gasteiger partial charge is 0.508 e. The Kier molecular flexibility index (Phi) is 6.71. The lowest BCUT2D eigenvalue weighted by atomic mass is 10.1. The van der Waals surface area contributed by atoms with Crippen molar-refractivity contribution in [3.05, 3.63) is 58.1 Å². The van der Waals surface area contributed by atoms with Crippen molar-refractivity contribution in [2.24, 2.45) is 5.10 Å². The summed E-state index contributed by atoms with van der Waals surface area (Å²) >= 11 is 0. The number of sulfonamides is 1. The molecule has 0 saturated carbocycles. The molecule has 0 unspecified atom stereocenters. The summed E-state index contributed by atoms with van der Waals surface area (Å²) in [6.07, 6.45) is 0. The molecule has 0 atom stereocenters. The minimum Gasteiger partial charge on any atom is -0.508 e. The average molecular weight is 406 g/mol. The number of nitro benzene ring substituents is 1. The van der Waals surface area contributed by atoms with Gasteiger partial charge in [0, 0.05) is 19.2 Å². The molecule has 0 aliphatic rings. The monoisotopic (exact) mass is 406 g/mol. The number of benzene rings is 2. The summed E-state index contributed by atoms with van der Waals surface area (Å²) in [5.41, 5.74) is 3.55. The van der Waals surface area contributed by atoms with Crippen molar-refractivity contribution >= 4 is 27.1 Å². The Hall–Kier alpha value is -2.98. The fraction of sp³-hybridized carbons (Fsp3) is 0.278. The summed E-state index contributed by atoms with van der Waals surface area (Å²) in [6, 6.07) is 9.99. The molecule has 28 heavy (non-hydrogen) atoms. The molecule has 0 aliphatic carbocycles. The molecule has 2 aromatic rings. The van der Waals surface area contributed by atoms with Gasteiger partial charge < -0.3 is 5.11 Å². The highest BCUT2D eigenvalue weighted by molar-refractivity contribution is 7.89. The first-order valence-electron chi connectivity index (χ1n) is 8.59. The minimum atomic E-state index is -3.81. The smallest absolute Gasteiger partial charge is 0.295 e. The molecule has 0 amide bonds. The highest BCUT2D eigenvalue weighted by Gasteiger charge is 2.25. The lowest BCUT2D eigenvalue weighted by Gasteiger charge is -2.18. The van der Waals surface area contributed by atoms with Crippen LogP contribution < -0.4 is 5.43 Å². The number of anilines is 1. The van der Waals surface area contributed by atoms with Crippen molar-refractivity contribution < 1.29 is 18.4 Å². The number of aromatic hydroxyl groups is 1. The van der Waals surface area contributed by atoms with Crippen molar-refractivity contribution in [2.75, 3.05) is 18.5 Å². The molecule has 2 aromatic carbocycles. The zero-order valence-corrected chi connectivity index (χ0v) is 16.6. The number of hydrazone groups is 1. The first-order chi connectivity index (χ1) is 13.2. The molecule has 2 N–H and O–H groups in total. The molecule has 0 bridgehead atoms. The van der Waals surface area contributed by atoms with Gasteiger partial charge in [-0.05, 0) is 48.9 Å². The number of phenolic OH excluding ortho intramolecular Hbond substituents is 1. The fourth-order valence-corrected chi connectivity index (χ4v) is 4.02. The standard InChI is InChI=1S/C18H22N4O5S/c1-4-21(5-2)28(26,27)16-10-11-17(18(12-16)22(24)25)20-19-13(3)14-6-8-15(23)9-7-14/h6-12,20,23H,4-5H2,1-3H3. The van der Waals surface area contributed by atoms with E-state index < -0.39 is 20.6 Å². The Morgan fingerprint density at radius 1 is 1.18 bits per heavy atom. The normalized spacial score (nSPS) is 12.2. The zero-order chi connectivity index (χ0) is 20.9. The van der Waals surface area contributed by atoms with E-state index in [4.69, 9.17) is 0 Å². The number of nitro groups is 1. The van der Waals surface area contributed by atoms with E-state index in [0.29, 0.717) is 11.3 Å². The first kappa shape index (κ1) is 21.3. The second-order valence-electron chi connectivity index (χ2n) is 5.88. The molecule has 150 valence electrons. The lowest BCUT2D eigenvalue weighted by molar-refractivity contribution is -0.384. The predicted octanol–water partition coefficient (Wildman–Crippen LogP) is 3.17. The van der Waals surface area contributed by atoms with Gasteiger partial charge in [-0.25, -0.2) is 8.42 Å². The Labute approximate surface area is 163 Å². The summed E-state index contributed by atoms with van der Waals surface area (Å²) in [5, 5.41) is 24.9. The number of hydrogen-bond donors (Lipinski definition) is 2. The van der Waals surface area contributed by atoms with E-state index in [1.165, 1.54) is 28.6 Å². The molecule has 0 saturated heterocycles. The second-order valence-corrected chi connectivity index (χ2v) is 7.82. The summed E-state index contributed by atoms with van der Waals surface area (Å²) in [4.78, 5) is 10.6. The minimum absolute atomic E-state index is 0.0709. The third-order valence-electron chi connectivity index (χ3n) is 4.14. The molecule has 0 spiro atoms. The maximum Gasteiger partial charge on any atom is 0.295 e. The maximum absolute atomic E-state index is 12.6. The average Bonchev–Trinajstić information content (AvgIpc) is 2.67. The van der Waals surface area contributed by atoms with Crippen LogP contribution in [0.5, 0.6) is 5.75 Å². The van der Waals surface area contributed by atoms with Gasteiger partial charge in [0.15, 0.2) is 0 Å². The maximum atomic E-state index is 12.6. The number of nitrogens with zero attached hydrogens (tertiary/aromatic N) is 3. The van der Waals surface area contributed by atoms with Gasteiger partial charge in [0.2, 0.25) is 10.0 Å². The topological polar surface area (TPSA) is 125 Å². The Morgan fingerprint density at radius 3 is 2.32 bits per heavy atom. The molecule has 0 radical (unpaired) electrons. The highest BCUT2D eigenvalue weighted by Crippen LogP contribution is 2.29. The molecule has 2 rings (SSSR count). The predicted molar refractivity (Wildman–Crippen MR) is 107 cm³/mol. The number of rotatable bonds is 8. The second kappa shape index (κ2) is 8.81. The number of hydrogen-bond acceptors (Lipinski definition) is 7. The molecule has 0 heterocycles. The Morgan fingerprint density at radius 2 is 1.79 bits per heavy atom. The molecule has 0 aliphatic heterocycles. The van der Waals surface area contributed by atoms with Crippen LogP contribution in [0.25, 0.3) is 0 Å². The van der Waals surface area contributed by atoms with E-state index in [0.717, 1.165) is 6.07 Å². The van der Waals surface area contributed by atoms with E-state index in [-0.39, 0.29) is 29.4 Å². The Bertz CT molecular complexity index is 984. The van der Waals surface area contributed by atoms with Crippen LogP contribution in [0.15, 0.2) is 52.5 Å². The van der Waals surface area contributed by atoms with Crippen molar-refractivity contribution in [3.63, 3.8) is 0 Å². The summed E-state index contributed by atoms with van der Waals surface area (Å²) in [6.45, 7) is 5.63. The van der Waals surface area contributed by atoms with Gasteiger partial charge in [0.25, 0.3) is 5.69 Å². The van der Waals surface area contributed by atoms with E-state index in [9.17, 15) is 23.6 Å². The lowest BCUT2D eigenvalue weighted by Crippen LogP contribution is -2.30. The molecule has 0 fully saturated rings. The Balaban J connectivity index is 2.37. The van der Waals surface area contributed by atoms with Crippen LogP contribution in [-0.4, -0.2) is 41.6 Å². The van der Waals surface area contributed by atoms with Crippen LogP contribution in [-0.2, 0) is 10.0 Å². The van der Waals surface area contributed by atoms with Crippen LogP contribution in [0.2, 0.25) is 0 Å².